The van der Waals surface area contributed by atoms with Gasteiger partial charge in [0, 0.05) is 4.92 Å². The summed E-state index contributed by atoms with van der Waals surface area (Å²) >= 11 is 0. The zero-order valence-corrected chi connectivity index (χ0v) is 6.41. The van der Waals surface area contributed by atoms with E-state index in [0.29, 0.717) is 0 Å². The molecule has 0 amide bonds. The molecule has 0 aromatic carbocycles. The molecule has 0 spiro atoms. The number of hydrogen-bond acceptors (Lipinski definition) is 4. The summed E-state index contributed by atoms with van der Waals surface area (Å²) in [4.78, 5) is 8.31. The van der Waals surface area contributed by atoms with Gasteiger partial charge in [-0.15, -0.1) is 0 Å². The maximum absolute atomic E-state index is 8.81. The molecular weight excluding hydrogens is 154 g/mol. The number of hydrogen-bond donors (Lipinski definition) is 0. The second kappa shape index (κ2) is 9.28. The van der Waals surface area contributed by atoms with E-state index in [-0.39, 0.29) is 5.48 Å². The summed E-state index contributed by atoms with van der Waals surface area (Å²) in [6.45, 7) is 3.11. The van der Waals surface area contributed by atoms with E-state index in [9.17, 15) is 0 Å². The Morgan fingerprint density at radius 1 is 1.18 bits per heavy atom. The minimum atomic E-state index is -0.500. The number of ether oxygens (including phenoxy) is 2. The van der Waals surface area contributed by atoms with Crippen LogP contribution in [0.5, 0.6) is 0 Å². The van der Waals surface area contributed by atoms with Gasteiger partial charge in [-0.05, 0) is 0 Å². The van der Waals surface area contributed by atoms with Gasteiger partial charge in [-0.1, -0.05) is 0 Å². The quantitative estimate of drug-likeness (QED) is 0.345. The molecule has 1 fully saturated rings. The minimum Gasteiger partial charge on any atom is -0.412 e. The predicted octanol–water partition coefficient (Wildman–Crippen LogP) is -0.899. The van der Waals surface area contributed by atoms with Crippen LogP contribution in [0.3, 0.4) is 0 Å². The zero-order valence-electron chi connectivity index (χ0n) is 6.41. The Morgan fingerprint density at radius 2 is 1.36 bits per heavy atom. The van der Waals surface area contributed by atoms with Crippen LogP contribution in [0.4, 0.5) is 0 Å². The van der Waals surface area contributed by atoms with E-state index in [4.69, 9.17) is 19.6 Å². The van der Waals surface area contributed by atoms with Gasteiger partial charge in [-0.2, -0.15) is 0 Å². The minimum absolute atomic E-state index is 0. The lowest BCUT2D eigenvalue weighted by Crippen LogP contribution is -2.16. The summed E-state index contributed by atoms with van der Waals surface area (Å²) < 4.78 is 9.89. The van der Waals surface area contributed by atoms with Crippen LogP contribution in [0.25, 0.3) is 0 Å². The van der Waals surface area contributed by atoms with Crippen LogP contribution >= 0.6 is 0 Å². The summed E-state index contributed by atoms with van der Waals surface area (Å²) in [7, 11) is 0.889. The smallest absolute Gasteiger partial charge is 0.194 e. The van der Waals surface area contributed by atoms with Gasteiger partial charge in [0.15, 0.2) is 7.05 Å². The Balaban J connectivity index is 0. The normalized spacial score (nSPS) is 15.4. The van der Waals surface area contributed by atoms with E-state index in [0.717, 1.165) is 33.5 Å². The van der Waals surface area contributed by atoms with E-state index in [1.54, 1.807) is 0 Å². The van der Waals surface area contributed by atoms with Crippen molar-refractivity contribution in [3.8, 4) is 0 Å². The van der Waals surface area contributed by atoms with Gasteiger partial charge in [-0.3, -0.25) is 10.1 Å². The van der Waals surface area contributed by atoms with Gasteiger partial charge < -0.3 is 14.9 Å². The molecule has 1 saturated heterocycles. The molecule has 1 aliphatic rings. The van der Waals surface area contributed by atoms with Gasteiger partial charge in [0.2, 0.25) is 0 Å². The molecular formula is C5H13NO5. The first-order valence-electron chi connectivity index (χ1n) is 2.97. The van der Waals surface area contributed by atoms with Crippen LogP contribution in [0.1, 0.15) is 0 Å². The van der Waals surface area contributed by atoms with Crippen LogP contribution in [0, 0.1) is 10.1 Å². The molecule has 0 atom stereocenters. The highest BCUT2D eigenvalue weighted by atomic mass is 16.6. The third-order valence-corrected chi connectivity index (χ3v) is 0.744. The Morgan fingerprint density at radius 3 is 1.45 bits per heavy atom. The average molecular weight is 167 g/mol. The summed E-state index contributed by atoms with van der Waals surface area (Å²) in [6.07, 6.45) is 0. The van der Waals surface area contributed by atoms with E-state index in [1.165, 1.54) is 0 Å². The van der Waals surface area contributed by atoms with Crippen molar-refractivity contribution >= 4 is 0 Å². The van der Waals surface area contributed by atoms with Crippen LogP contribution in [-0.4, -0.2) is 43.9 Å². The van der Waals surface area contributed by atoms with Crippen molar-refractivity contribution in [1.29, 1.82) is 0 Å². The first kappa shape index (κ1) is 12.9. The molecule has 6 heteroatoms. The van der Waals surface area contributed by atoms with Crippen molar-refractivity contribution in [2.75, 3.05) is 33.5 Å². The summed E-state index contributed by atoms with van der Waals surface area (Å²) in [5.74, 6) is 0. The van der Waals surface area contributed by atoms with Crippen molar-refractivity contribution in [1.82, 2.24) is 0 Å². The molecule has 0 unspecified atom stereocenters. The SMILES string of the molecule is C1COCCO1.C[N+](=O)[O-].O. The molecule has 0 aromatic heterocycles. The molecule has 68 valence electrons. The fraction of sp³-hybridized carbons (Fsp3) is 1.00. The first-order chi connectivity index (χ1) is 4.73. The van der Waals surface area contributed by atoms with Crippen LogP contribution < -0.4 is 0 Å². The lowest BCUT2D eigenvalue weighted by Gasteiger charge is -2.09. The monoisotopic (exact) mass is 167 g/mol. The second-order valence-electron chi connectivity index (χ2n) is 1.66. The summed E-state index contributed by atoms with van der Waals surface area (Å²) in [5, 5.41) is 8.81. The second-order valence-corrected chi connectivity index (χ2v) is 1.66. The topological polar surface area (TPSA) is 93.1 Å². The Labute approximate surface area is 64.6 Å². The van der Waals surface area contributed by atoms with Crippen molar-refractivity contribution < 1.29 is 19.9 Å². The van der Waals surface area contributed by atoms with Gasteiger partial charge in [0.25, 0.3) is 0 Å². The van der Waals surface area contributed by atoms with Crippen LogP contribution in [-0.2, 0) is 9.47 Å². The summed E-state index contributed by atoms with van der Waals surface area (Å²) in [6, 6.07) is 0. The Kier molecular flexibility index (Phi) is 10.9. The third-order valence-electron chi connectivity index (χ3n) is 0.744. The standard InChI is InChI=1S/C4H8O2.CH3NO2.H2O/c1-2-6-4-3-5-1;1-2(3)4;/h1-4H2;1H3;1H2. The van der Waals surface area contributed by atoms with E-state index in [1.807, 2.05) is 0 Å². The van der Waals surface area contributed by atoms with Gasteiger partial charge in [0.1, 0.15) is 0 Å². The highest BCUT2D eigenvalue weighted by molar-refractivity contribution is 4.37. The van der Waals surface area contributed by atoms with Crippen molar-refractivity contribution in [3.05, 3.63) is 10.1 Å². The van der Waals surface area contributed by atoms with E-state index in [2.05, 4.69) is 0 Å². The first-order valence-corrected chi connectivity index (χ1v) is 2.97. The number of nitrogens with zero attached hydrogens (tertiary/aromatic N) is 1. The molecule has 1 aliphatic heterocycles. The molecule has 6 nitrogen and oxygen atoms in total. The molecule has 1 rings (SSSR count). The highest BCUT2D eigenvalue weighted by Gasteiger charge is 1.94. The average Bonchev–Trinajstić information content (AvgIpc) is 1.90. The Hall–Kier alpha value is -0.720. The van der Waals surface area contributed by atoms with Gasteiger partial charge in [-0.25, -0.2) is 0 Å². The molecule has 0 radical (unpaired) electrons. The van der Waals surface area contributed by atoms with Crippen LogP contribution in [0.15, 0.2) is 0 Å². The van der Waals surface area contributed by atoms with Crippen molar-refractivity contribution in [2.24, 2.45) is 0 Å². The van der Waals surface area contributed by atoms with Gasteiger partial charge >= 0.3 is 0 Å². The van der Waals surface area contributed by atoms with E-state index >= 15 is 0 Å². The largest absolute Gasteiger partial charge is 0.412 e. The molecule has 1 heterocycles. The number of rotatable bonds is 0. The Bertz CT molecular complexity index is 77.4. The lowest BCUT2D eigenvalue weighted by atomic mass is 10.6. The zero-order chi connectivity index (χ0) is 7.82. The number of nitro groups is 1. The molecule has 11 heavy (non-hydrogen) atoms. The lowest BCUT2D eigenvalue weighted by molar-refractivity contribution is -0.445. The molecule has 2 N–H and O–H groups in total. The van der Waals surface area contributed by atoms with Crippen molar-refractivity contribution in [3.63, 3.8) is 0 Å². The maximum atomic E-state index is 8.81. The molecule has 0 aliphatic carbocycles. The van der Waals surface area contributed by atoms with Crippen molar-refractivity contribution in [2.45, 2.75) is 0 Å². The van der Waals surface area contributed by atoms with Gasteiger partial charge in [0.05, 0.1) is 26.4 Å². The summed E-state index contributed by atoms with van der Waals surface area (Å²) in [5.41, 5.74) is 0. The fourth-order valence-electron chi connectivity index (χ4n) is 0.440. The maximum Gasteiger partial charge on any atom is 0.194 e. The molecule has 0 saturated carbocycles. The highest BCUT2D eigenvalue weighted by Crippen LogP contribution is 1.85. The van der Waals surface area contributed by atoms with E-state index < -0.39 is 4.92 Å². The molecule has 0 aromatic rings. The molecule has 0 bridgehead atoms. The third kappa shape index (κ3) is 17.6. The fourth-order valence-corrected chi connectivity index (χ4v) is 0.440. The predicted molar refractivity (Wildman–Crippen MR) is 38.2 cm³/mol. The van der Waals surface area contributed by atoms with Crippen LogP contribution in [0.2, 0.25) is 0 Å².